The summed E-state index contributed by atoms with van der Waals surface area (Å²) in [5.41, 5.74) is 5.79. The van der Waals surface area contributed by atoms with Crippen LogP contribution in [0.4, 0.5) is 13.2 Å². The molecule has 1 fully saturated rings. The Kier molecular flexibility index (Phi) is 8.84. The molecule has 4 atom stereocenters. The Labute approximate surface area is 256 Å². The maximum atomic E-state index is 13.1. The van der Waals surface area contributed by atoms with Gasteiger partial charge in [-0.05, 0) is 109 Å². The third-order valence-corrected chi connectivity index (χ3v) is 15.0. The fourth-order valence-electron chi connectivity index (χ4n) is 7.02. The Balaban J connectivity index is 1.52. The van der Waals surface area contributed by atoms with E-state index in [-0.39, 0.29) is 28.4 Å². The van der Waals surface area contributed by atoms with Crippen LogP contribution in [0.15, 0.2) is 36.4 Å². The van der Waals surface area contributed by atoms with Gasteiger partial charge in [-0.25, -0.2) is 0 Å². The summed E-state index contributed by atoms with van der Waals surface area (Å²) < 4.78 is 52.4. The minimum Gasteiger partial charge on any atom is -0.410 e. The molecule has 0 radical (unpaired) electrons. The number of nitrogens with zero attached hydrogens (tertiary/aromatic N) is 1. The molecule has 43 heavy (non-hydrogen) atoms. The molecule has 1 aromatic carbocycles. The quantitative estimate of drug-likeness (QED) is 0.329. The van der Waals surface area contributed by atoms with E-state index in [0.717, 1.165) is 62.0 Å². The summed E-state index contributed by atoms with van der Waals surface area (Å²) in [6, 6.07) is 7.30. The second kappa shape index (κ2) is 11.7. The molecule has 8 heteroatoms. The smallest absolute Gasteiger partial charge is 0.410 e. The number of hydrogen-bond donors (Lipinski definition) is 1. The van der Waals surface area contributed by atoms with Gasteiger partial charge in [-0.15, -0.1) is 0 Å². The highest BCUT2D eigenvalue weighted by molar-refractivity contribution is 6.74. The monoisotopic (exact) mass is 615 g/mol. The molecule has 3 unspecified atom stereocenters. The van der Waals surface area contributed by atoms with Crippen LogP contribution in [0.1, 0.15) is 118 Å². The number of benzene rings is 1. The summed E-state index contributed by atoms with van der Waals surface area (Å²) in [6.07, 6.45) is 2.03. The molecule has 2 aromatic rings. The zero-order valence-electron chi connectivity index (χ0n) is 26.8. The van der Waals surface area contributed by atoms with Gasteiger partial charge in [0.15, 0.2) is 8.32 Å². The molecule has 2 aliphatic carbocycles. The molecule has 1 aliphatic heterocycles. The number of alkyl halides is 3. The van der Waals surface area contributed by atoms with Gasteiger partial charge in [0.1, 0.15) is 0 Å². The number of aliphatic hydroxyl groups excluding tert-OH is 1. The van der Waals surface area contributed by atoms with Gasteiger partial charge >= 0.3 is 6.18 Å². The average molecular weight is 616 g/mol. The molecular formula is C35H48F3NO3Si. The lowest BCUT2D eigenvalue weighted by molar-refractivity contribution is -0.137. The molecule has 4 nitrogen and oxygen atoms in total. The van der Waals surface area contributed by atoms with E-state index >= 15 is 0 Å². The Morgan fingerprint density at radius 1 is 1.09 bits per heavy atom. The Morgan fingerprint density at radius 2 is 1.79 bits per heavy atom. The van der Waals surface area contributed by atoms with Gasteiger partial charge in [0.25, 0.3) is 0 Å². The Bertz CT molecular complexity index is 1350. The first kappa shape index (κ1) is 32.4. The molecule has 0 bridgehead atoms. The molecule has 5 rings (SSSR count). The number of fused-ring (bicyclic) bond motifs is 1. The largest absolute Gasteiger partial charge is 0.416 e. The fraction of sp³-hybridized carbons (Fsp3) is 0.629. The summed E-state index contributed by atoms with van der Waals surface area (Å²) in [5.74, 6) is 0.248. The van der Waals surface area contributed by atoms with Gasteiger partial charge in [0.2, 0.25) is 0 Å². The average Bonchev–Trinajstić information content (AvgIpc) is 3.33. The normalized spacial score (nSPS) is 25.6. The molecule has 2 heterocycles. The molecule has 3 aliphatic rings. The molecule has 1 aromatic heterocycles. The predicted molar refractivity (Wildman–Crippen MR) is 167 cm³/mol. The number of pyridine rings is 1. The van der Waals surface area contributed by atoms with E-state index in [1.807, 2.05) is 0 Å². The molecule has 1 saturated carbocycles. The van der Waals surface area contributed by atoms with Crippen molar-refractivity contribution in [3.8, 4) is 0 Å². The summed E-state index contributed by atoms with van der Waals surface area (Å²) in [5, 5.41) is 11.4. The Morgan fingerprint density at radius 3 is 2.37 bits per heavy atom. The third kappa shape index (κ3) is 6.68. The van der Waals surface area contributed by atoms with E-state index in [1.54, 1.807) is 0 Å². The minimum absolute atomic E-state index is 0.0299. The van der Waals surface area contributed by atoms with Crippen LogP contribution in [0.5, 0.6) is 0 Å². The van der Waals surface area contributed by atoms with Crippen LogP contribution in [0.3, 0.4) is 0 Å². The first-order valence-electron chi connectivity index (χ1n) is 15.8. The first-order chi connectivity index (χ1) is 20.0. The van der Waals surface area contributed by atoms with Crippen molar-refractivity contribution in [2.45, 2.75) is 116 Å². The highest BCUT2D eigenvalue weighted by Crippen LogP contribution is 2.58. The number of rotatable bonds is 6. The van der Waals surface area contributed by atoms with Gasteiger partial charge in [-0.1, -0.05) is 52.8 Å². The third-order valence-electron chi connectivity index (χ3n) is 10.6. The van der Waals surface area contributed by atoms with Gasteiger partial charge in [-0.3, -0.25) is 4.98 Å². The number of aliphatic hydroxyl groups is 1. The topological polar surface area (TPSA) is 51.6 Å². The van der Waals surface area contributed by atoms with E-state index in [4.69, 9.17) is 14.1 Å². The summed E-state index contributed by atoms with van der Waals surface area (Å²) >= 11 is 0. The van der Waals surface area contributed by atoms with Crippen molar-refractivity contribution >= 4 is 13.9 Å². The molecule has 0 saturated heterocycles. The van der Waals surface area contributed by atoms with Crippen LogP contribution >= 0.6 is 0 Å². The predicted octanol–water partition coefficient (Wildman–Crippen LogP) is 9.56. The maximum Gasteiger partial charge on any atom is 0.416 e. The summed E-state index contributed by atoms with van der Waals surface area (Å²) in [6.45, 7) is 17.1. The SMILES string of the molecule is CC(C)c1cc(C2=CCOCC2)c2c(n1)CC1(CCC(C(O)c3ccc(C(F)(F)F)cc3)C1)C[C@@H]2O[Si](C)(C)C(C)(C)C. The van der Waals surface area contributed by atoms with Gasteiger partial charge in [0.05, 0.1) is 31.0 Å². The molecule has 1 spiro atoms. The number of aromatic nitrogens is 1. The van der Waals surface area contributed by atoms with Crippen molar-refractivity contribution in [3.05, 3.63) is 70.0 Å². The van der Waals surface area contributed by atoms with E-state index in [9.17, 15) is 18.3 Å². The number of ether oxygens (including phenoxy) is 1. The van der Waals surface area contributed by atoms with Gasteiger partial charge in [0, 0.05) is 17.0 Å². The van der Waals surface area contributed by atoms with Crippen molar-refractivity contribution in [1.82, 2.24) is 4.98 Å². The fourth-order valence-corrected chi connectivity index (χ4v) is 8.29. The van der Waals surface area contributed by atoms with Crippen molar-refractivity contribution in [3.63, 3.8) is 0 Å². The summed E-state index contributed by atoms with van der Waals surface area (Å²) in [4.78, 5) is 5.30. The maximum absolute atomic E-state index is 13.1. The van der Waals surface area contributed by atoms with Crippen LogP contribution in [0.25, 0.3) is 5.57 Å². The lowest BCUT2D eigenvalue weighted by Gasteiger charge is -2.46. The van der Waals surface area contributed by atoms with Crippen LogP contribution in [-0.4, -0.2) is 31.6 Å². The summed E-state index contributed by atoms with van der Waals surface area (Å²) in [7, 11) is -2.16. The lowest BCUT2D eigenvalue weighted by atomic mass is 9.68. The zero-order chi connectivity index (χ0) is 31.4. The number of hydrogen-bond acceptors (Lipinski definition) is 4. The second-order valence-electron chi connectivity index (χ2n) is 15.0. The van der Waals surface area contributed by atoms with Crippen molar-refractivity contribution in [2.75, 3.05) is 13.2 Å². The van der Waals surface area contributed by atoms with Gasteiger partial charge < -0.3 is 14.3 Å². The van der Waals surface area contributed by atoms with Crippen LogP contribution in [0, 0.1) is 11.3 Å². The number of halogens is 3. The van der Waals surface area contributed by atoms with Crippen LogP contribution < -0.4 is 0 Å². The van der Waals surface area contributed by atoms with Crippen molar-refractivity contribution in [1.29, 1.82) is 0 Å². The van der Waals surface area contributed by atoms with E-state index < -0.39 is 26.2 Å². The molecular weight excluding hydrogens is 567 g/mol. The van der Waals surface area contributed by atoms with E-state index in [0.29, 0.717) is 18.8 Å². The standard InChI is InChI=1S/C35H48F3NO3Si/c1-22(2)28-18-27(23-13-16-41-17-14-23)31-29(39-28)20-34(21-30(31)42-43(6,7)33(3,4)5)15-12-25(19-34)32(40)24-8-10-26(11-9-24)35(36,37)38/h8-11,13,18,22,25,30,32,40H,12,14-17,19-21H2,1-7H3/t25?,30-,32?,34?/m0/s1. The lowest BCUT2D eigenvalue weighted by Crippen LogP contribution is -2.44. The van der Waals surface area contributed by atoms with Crippen molar-refractivity contribution in [2.24, 2.45) is 11.3 Å². The Hall–Kier alpha value is -2.00. The van der Waals surface area contributed by atoms with Crippen LogP contribution in [-0.2, 0) is 21.8 Å². The van der Waals surface area contributed by atoms with E-state index in [1.165, 1.54) is 28.8 Å². The minimum atomic E-state index is -4.39. The highest BCUT2D eigenvalue weighted by atomic mass is 28.4. The van der Waals surface area contributed by atoms with Gasteiger partial charge in [-0.2, -0.15) is 13.2 Å². The van der Waals surface area contributed by atoms with Crippen molar-refractivity contribution < 1.29 is 27.4 Å². The first-order valence-corrected chi connectivity index (χ1v) is 18.7. The molecule has 1 N–H and O–H groups in total. The highest BCUT2D eigenvalue weighted by Gasteiger charge is 2.50. The molecule has 0 amide bonds. The van der Waals surface area contributed by atoms with Crippen LogP contribution in [0.2, 0.25) is 18.1 Å². The molecule has 236 valence electrons. The van der Waals surface area contributed by atoms with E-state index in [2.05, 4.69) is 59.9 Å². The second-order valence-corrected chi connectivity index (χ2v) is 19.7. The zero-order valence-corrected chi connectivity index (χ0v) is 27.8.